The molecule has 2 atom stereocenters. The number of halogens is 2. The number of hydrogen-bond donors (Lipinski definition) is 1. The van der Waals surface area contributed by atoms with Gasteiger partial charge in [0.25, 0.3) is 0 Å². The van der Waals surface area contributed by atoms with Gasteiger partial charge in [-0.3, -0.25) is 4.79 Å². The molecule has 0 bridgehead atoms. The Morgan fingerprint density at radius 1 is 1.22 bits per heavy atom. The van der Waals surface area contributed by atoms with Crippen molar-refractivity contribution in [1.82, 2.24) is 0 Å². The van der Waals surface area contributed by atoms with Crippen LogP contribution in [0.25, 0.3) is 0 Å². The first-order valence-corrected chi connectivity index (χ1v) is 7.71. The van der Waals surface area contributed by atoms with Crippen molar-refractivity contribution in [2.24, 2.45) is 11.7 Å². The van der Waals surface area contributed by atoms with Crippen LogP contribution in [0.1, 0.15) is 25.7 Å². The molecule has 2 N–H and O–H groups in total. The highest BCUT2D eigenvalue weighted by molar-refractivity contribution is 9.25. The van der Waals surface area contributed by atoms with Gasteiger partial charge in [-0.15, -0.1) is 0 Å². The van der Waals surface area contributed by atoms with Gasteiger partial charge in [0.15, 0.2) is 3.74 Å². The molecule has 104 valence electrons. The van der Waals surface area contributed by atoms with Crippen LogP contribution in [0.2, 0.25) is 0 Å². The van der Waals surface area contributed by atoms with E-state index in [-0.39, 0.29) is 31.1 Å². The van der Waals surface area contributed by atoms with Gasteiger partial charge in [0.05, 0.1) is 5.92 Å². The van der Waals surface area contributed by atoms with Crippen molar-refractivity contribution in [1.29, 1.82) is 0 Å². The minimum absolute atomic E-state index is 0.0665. The molecule has 7 heteroatoms. The van der Waals surface area contributed by atoms with Gasteiger partial charge in [-0.25, -0.2) is 4.79 Å². The lowest BCUT2D eigenvalue weighted by molar-refractivity contribution is -0.155. The van der Waals surface area contributed by atoms with Gasteiger partial charge in [-0.2, -0.15) is 0 Å². The lowest BCUT2D eigenvalue weighted by Gasteiger charge is -2.24. The number of nitrogens with two attached hydrogens (primary N) is 1. The number of ether oxygens (including phenoxy) is 2. The van der Waals surface area contributed by atoms with E-state index in [0.29, 0.717) is 6.42 Å². The number of rotatable bonds is 5. The lowest BCUT2D eigenvalue weighted by Crippen LogP contribution is -2.33. The fourth-order valence-electron chi connectivity index (χ4n) is 1.91. The van der Waals surface area contributed by atoms with Crippen LogP contribution in [-0.2, 0) is 19.1 Å². The highest BCUT2D eigenvalue weighted by atomic mass is 79.9. The molecule has 0 aromatic heterocycles. The highest BCUT2D eigenvalue weighted by Crippen LogP contribution is 2.24. The van der Waals surface area contributed by atoms with E-state index in [9.17, 15) is 9.59 Å². The van der Waals surface area contributed by atoms with E-state index >= 15 is 0 Å². The SMILES string of the molecule is NC1CCCC(C(=O)OCCOC(=O)C(Br)Br)C1. The first-order valence-electron chi connectivity index (χ1n) is 5.87. The van der Waals surface area contributed by atoms with Crippen LogP contribution < -0.4 is 5.73 Å². The van der Waals surface area contributed by atoms with Crippen LogP contribution in [0, 0.1) is 5.92 Å². The Labute approximate surface area is 123 Å². The molecule has 18 heavy (non-hydrogen) atoms. The Hall–Kier alpha value is -0.140. The smallest absolute Gasteiger partial charge is 0.330 e. The number of carbonyl (C=O) groups is 2. The Bertz CT molecular complexity index is 299. The Morgan fingerprint density at radius 3 is 2.50 bits per heavy atom. The summed E-state index contributed by atoms with van der Waals surface area (Å²) in [6, 6.07) is 0.0941. The molecule has 0 saturated heterocycles. The molecule has 1 rings (SSSR count). The third kappa shape index (κ3) is 5.67. The first kappa shape index (κ1) is 15.9. The molecule has 0 spiro atoms. The molecule has 0 heterocycles. The summed E-state index contributed by atoms with van der Waals surface area (Å²) in [5.41, 5.74) is 5.80. The van der Waals surface area contributed by atoms with Gasteiger partial charge in [-0.05, 0) is 19.3 Å². The highest BCUT2D eigenvalue weighted by Gasteiger charge is 2.26. The van der Waals surface area contributed by atoms with Crippen molar-refractivity contribution in [3.05, 3.63) is 0 Å². The van der Waals surface area contributed by atoms with E-state index < -0.39 is 9.71 Å². The van der Waals surface area contributed by atoms with Crippen LogP contribution >= 0.6 is 31.9 Å². The predicted molar refractivity (Wildman–Crippen MR) is 73.5 cm³/mol. The predicted octanol–water partition coefficient (Wildman–Crippen LogP) is 1.71. The molecule has 0 radical (unpaired) electrons. The van der Waals surface area contributed by atoms with Crippen LogP contribution in [0.5, 0.6) is 0 Å². The summed E-state index contributed by atoms with van der Waals surface area (Å²) in [7, 11) is 0. The van der Waals surface area contributed by atoms with Gasteiger partial charge >= 0.3 is 11.9 Å². The molecule has 2 unspecified atom stereocenters. The third-order valence-electron chi connectivity index (χ3n) is 2.80. The maximum absolute atomic E-state index is 11.7. The average molecular weight is 387 g/mol. The van der Waals surface area contributed by atoms with Crippen LogP contribution in [0.4, 0.5) is 0 Å². The summed E-state index contributed by atoms with van der Waals surface area (Å²) >= 11 is 6.02. The average Bonchev–Trinajstić information content (AvgIpc) is 2.33. The molecular formula is C11H17Br2NO4. The second-order valence-electron chi connectivity index (χ2n) is 4.26. The molecule has 1 aliphatic rings. The van der Waals surface area contributed by atoms with Gasteiger partial charge in [0.2, 0.25) is 0 Å². The maximum atomic E-state index is 11.7. The topological polar surface area (TPSA) is 78.6 Å². The molecule has 1 aliphatic carbocycles. The van der Waals surface area contributed by atoms with Gasteiger partial charge in [-0.1, -0.05) is 38.3 Å². The van der Waals surface area contributed by atoms with E-state index in [1.165, 1.54) is 0 Å². The summed E-state index contributed by atoms with van der Waals surface area (Å²) in [5.74, 6) is -0.786. The van der Waals surface area contributed by atoms with E-state index in [2.05, 4.69) is 31.9 Å². The monoisotopic (exact) mass is 385 g/mol. The number of alkyl halides is 2. The van der Waals surface area contributed by atoms with Crippen molar-refractivity contribution < 1.29 is 19.1 Å². The second kappa shape index (κ2) is 8.12. The molecule has 1 fully saturated rings. The lowest BCUT2D eigenvalue weighted by atomic mass is 9.86. The molecule has 0 aromatic rings. The third-order valence-corrected chi connectivity index (χ3v) is 3.55. The van der Waals surface area contributed by atoms with Crippen molar-refractivity contribution in [2.75, 3.05) is 13.2 Å². The first-order chi connectivity index (χ1) is 8.50. The molecule has 0 amide bonds. The number of carbonyl (C=O) groups excluding carboxylic acids is 2. The zero-order valence-electron chi connectivity index (χ0n) is 9.94. The summed E-state index contributed by atoms with van der Waals surface area (Å²) in [4.78, 5) is 22.7. The standard InChI is InChI=1S/C11H17Br2NO4/c12-9(13)11(16)18-5-4-17-10(15)7-2-1-3-8(14)6-7/h7-9H,1-6,14H2. The Balaban J connectivity index is 2.15. The fourth-order valence-corrected chi connectivity index (χ4v) is 2.17. The van der Waals surface area contributed by atoms with Gasteiger partial charge in [0.1, 0.15) is 13.2 Å². The van der Waals surface area contributed by atoms with Crippen molar-refractivity contribution in [3.8, 4) is 0 Å². The number of esters is 2. The Morgan fingerprint density at radius 2 is 1.89 bits per heavy atom. The quantitative estimate of drug-likeness (QED) is 0.442. The minimum atomic E-state index is -0.531. The maximum Gasteiger partial charge on any atom is 0.330 e. The summed E-state index contributed by atoms with van der Waals surface area (Å²) in [6.45, 7) is 0.153. The van der Waals surface area contributed by atoms with Crippen LogP contribution in [0.3, 0.4) is 0 Å². The van der Waals surface area contributed by atoms with Crippen molar-refractivity contribution in [3.63, 3.8) is 0 Å². The van der Waals surface area contributed by atoms with E-state index in [4.69, 9.17) is 15.2 Å². The second-order valence-corrected chi connectivity index (χ2v) is 7.32. The van der Waals surface area contributed by atoms with Crippen LogP contribution in [-0.4, -0.2) is 34.9 Å². The zero-order chi connectivity index (χ0) is 13.5. The van der Waals surface area contributed by atoms with Crippen molar-refractivity contribution >= 4 is 43.8 Å². The van der Waals surface area contributed by atoms with Crippen LogP contribution in [0.15, 0.2) is 0 Å². The van der Waals surface area contributed by atoms with E-state index in [0.717, 1.165) is 19.3 Å². The molecule has 5 nitrogen and oxygen atoms in total. The van der Waals surface area contributed by atoms with Crippen molar-refractivity contribution in [2.45, 2.75) is 35.5 Å². The zero-order valence-corrected chi connectivity index (χ0v) is 13.1. The van der Waals surface area contributed by atoms with E-state index in [1.54, 1.807) is 0 Å². The molecule has 1 saturated carbocycles. The number of hydrogen-bond acceptors (Lipinski definition) is 5. The Kier molecular flexibility index (Phi) is 7.18. The summed E-state index contributed by atoms with van der Waals surface area (Å²) in [6.07, 6.45) is 3.45. The summed E-state index contributed by atoms with van der Waals surface area (Å²) < 4.78 is 9.35. The van der Waals surface area contributed by atoms with Gasteiger partial charge in [0, 0.05) is 6.04 Å². The largest absolute Gasteiger partial charge is 0.462 e. The summed E-state index contributed by atoms with van der Waals surface area (Å²) in [5, 5.41) is 0. The molecule has 0 aliphatic heterocycles. The minimum Gasteiger partial charge on any atom is -0.462 e. The molecular weight excluding hydrogens is 370 g/mol. The van der Waals surface area contributed by atoms with Gasteiger partial charge < -0.3 is 15.2 Å². The van der Waals surface area contributed by atoms with E-state index in [1.807, 2.05) is 0 Å². The fraction of sp³-hybridized carbons (Fsp3) is 0.818. The normalized spacial score (nSPS) is 23.8. The molecule has 0 aromatic carbocycles.